The first-order chi connectivity index (χ1) is 16.4. The van der Waals surface area contributed by atoms with E-state index in [0.717, 1.165) is 0 Å². The van der Waals surface area contributed by atoms with Gasteiger partial charge in [0.2, 0.25) is 0 Å². The molecule has 1 aliphatic rings. The molecule has 2 amide bonds. The lowest BCUT2D eigenvalue weighted by Crippen LogP contribution is -2.54. The fraction of sp³-hybridized carbons (Fsp3) is 0.125. The molecule has 1 atom stereocenters. The first-order valence-electron chi connectivity index (χ1n) is 10.1. The summed E-state index contributed by atoms with van der Waals surface area (Å²) in [5, 5.41) is 3.04. The molecule has 2 heterocycles. The molecule has 0 aliphatic carbocycles. The molecule has 1 fully saturated rings. The lowest BCUT2D eigenvalue weighted by Gasteiger charge is -2.29. The van der Waals surface area contributed by atoms with E-state index in [0.29, 0.717) is 33.3 Å². The first-order valence-corrected chi connectivity index (χ1v) is 12.3. The summed E-state index contributed by atoms with van der Waals surface area (Å²) in [6.07, 6.45) is 3.01. The van der Waals surface area contributed by atoms with Crippen LogP contribution < -0.4 is 15.0 Å². The number of carbonyl (C=O) groups excluding carboxylic acids is 2. The number of benzene rings is 2. The fourth-order valence-corrected chi connectivity index (χ4v) is 4.99. The van der Waals surface area contributed by atoms with Crippen LogP contribution in [0.25, 0.3) is 6.08 Å². The molecule has 174 valence electrons. The zero-order chi connectivity index (χ0) is 24.2. The van der Waals surface area contributed by atoms with Crippen LogP contribution in [0.15, 0.2) is 70.9 Å². The van der Waals surface area contributed by atoms with Gasteiger partial charge < -0.3 is 9.15 Å². The summed E-state index contributed by atoms with van der Waals surface area (Å²) < 4.78 is 23.3. The first kappa shape index (κ1) is 23.9. The Morgan fingerprint density at radius 3 is 2.59 bits per heavy atom. The van der Waals surface area contributed by atoms with Crippen molar-refractivity contribution in [1.82, 2.24) is 5.32 Å². The Labute approximate surface area is 208 Å². The maximum Gasteiger partial charge on any atom is 0.270 e. The van der Waals surface area contributed by atoms with E-state index in [4.69, 9.17) is 33.0 Å². The number of anilines is 1. The molecular weight excluding hydrogens is 496 g/mol. The quantitative estimate of drug-likeness (QED) is 0.288. The summed E-state index contributed by atoms with van der Waals surface area (Å²) >= 11 is 11.2. The number of thiocarbonyl (C=S) groups is 1. The van der Waals surface area contributed by atoms with Gasteiger partial charge in [0, 0.05) is 21.4 Å². The number of hydrogen-bond acceptors (Lipinski definition) is 6. The molecule has 0 radical (unpaired) electrons. The van der Waals surface area contributed by atoms with Crippen molar-refractivity contribution in [1.29, 1.82) is 0 Å². The van der Waals surface area contributed by atoms with Crippen molar-refractivity contribution in [2.75, 3.05) is 12.0 Å². The molecule has 1 aromatic heterocycles. The fourth-order valence-electron chi connectivity index (χ4n) is 3.43. The van der Waals surface area contributed by atoms with E-state index in [1.54, 1.807) is 54.6 Å². The lowest BCUT2D eigenvalue weighted by molar-refractivity contribution is -0.122. The van der Waals surface area contributed by atoms with Crippen LogP contribution in [0.3, 0.4) is 0 Å². The molecular formula is C24H19ClN2O5S2. The van der Waals surface area contributed by atoms with Crippen LogP contribution in [-0.2, 0) is 31.9 Å². The van der Waals surface area contributed by atoms with Gasteiger partial charge in [-0.2, -0.15) is 0 Å². The van der Waals surface area contributed by atoms with Crippen molar-refractivity contribution < 1.29 is 23.0 Å². The molecule has 2 aromatic carbocycles. The highest BCUT2D eigenvalue weighted by atomic mass is 35.5. The van der Waals surface area contributed by atoms with Crippen LogP contribution in [0.5, 0.6) is 5.75 Å². The molecule has 7 nitrogen and oxygen atoms in total. The van der Waals surface area contributed by atoms with Gasteiger partial charge in [-0.05, 0) is 72.4 Å². The zero-order valence-corrected chi connectivity index (χ0v) is 20.3. The third-order valence-corrected chi connectivity index (χ3v) is 6.78. The lowest BCUT2D eigenvalue weighted by atomic mass is 10.0. The van der Waals surface area contributed by atoms with Gasteiger partial charge in [0.25, 0.3) is 11.8 Å². The standard InChI is InChI=1S/C24H19ClN2O5S2/c1-31-21-9-4-15(11-16(21)13-34(30)14-19-3-2-10-32-19)12-20-22(28)26-24(33)27(23(20)29)18-7-5-17(25)6-8-18/h2-12H,13-14H2,1H3,(H,26,28,33)/b20-12+. The van der Waals surface area contributed by atoms with Gasteiger partial charge in [-0.3, -0.25) is 24.0 Å². The van der Waals surface area contributed by atoms with Crippen LogP contribution in [0.2, 0.25) is 5.02 Å². The largest absolute Gasteiger partial charge is 0.496 e. The summed E-state index contributed by atoms with van der Waals surface area (Å²) in [6.45, 7) is 0. The monoisotopic (exact) mass is 514 g/mol. The van der Waals surface area contributed by atoms with Gasteiger partial charge in [-0.25, -0.2) is 0 Å². The number of amides is 2. The number of furan rings is 1. The molecule has 1 N–H and O–H groups in total. The Kier molecular flexibility index (Phi) is 7.26. The van der Waals surface area contributed by atoms with Gasteiger partial charge in [0.05, 0.1) is 30.6 Å². The number of ether oxygens (including phenoxy) is 1. The van der Waals surface area contributed by atoms with Crippen molar-refractivity contribution in [2.45, 2.75) is 11.5 Å². The Morgan fingerprint density at radius 2 is 1.91 bits per heavy atom. The van der Waals surface area contributed by atoms with Crippen molar-refractivity contribution in [2.24, 2.45) is 0 Å². The van der Waals surface area contributed by atoms with Crippen LogP contribution in [0, 0.1) is 0 Å². The van der Waals surface area contributed by atoms with E-state index in [-0.39, 0.29) is 22.2 Å². The molecule has 10 heteroatoms. The Hall–Kier alpha value is -3.27. The number of methoxy groups -OCH3 is 1. The number of halogens is 1. The summed E-state index contributed by atoms with van der Waals surface area (Å²) in [5.41, 5.74) is 1.65. The summed E-state index contributed by atoms with van der Waals surface area (Å²) in [6, 6.07) is 15.2. The molecule has 1 aliphatic heterocycles. The summed E-state index contributed by atoms with van der Waals surface area (Å²) in [7, 11) is 0.268. The second-order valence-electron chi connectivity index (χ2n) is 7.31. The molecule has 0 spiro atoms. The normalized spacial score (nSPS) is 16.0. The molecule has 1 saturated heterocycles. The number of hydrogen-bond donors (Lipinski definition) is 1. The smallest absolute Gasteiger partial charge is 0.270 e. The van der Waals surface area contributed by atoms with E-state index in [9.17, 15) is 13.8 Å². The maximum atomic E-state index is 13.2. The third-order valence-electron chi connectivity index (χ3n) is 5.00. The summed E-state index contributed by atoms with van der Waals surface area (Å²) in [4.78, 5) is 27.0. The second-order valence-corrected chi connectivity index (χ2v) is 9.59. The Balaban J connectivity index is 1.62. The van der Waals surface area contributed by atoms with Crippen molar-refractivity contribution in [3.8, 4) is 5.75 Å². The van der Waals surface area contributed by atoms with Gasteiger partial charge in [0.1, 0.15) is 17.1 Å². The van der Waals surface area contributed by atoms with Crippen LogP contribution in [-0.4, -0.2) is 28.2 Å². The molecule has 0 saturated carbocycles. The maximum absolute atomic E-state index is 13.2. The van der Waals surface area contributed by atoms with Gasteiger partial charge in [-0.1, -0.05) is 17.7 Å². The second kappa shape index (κ2) is 10.3. The van der Waals surface area contributed by atoms with Gasteiger partial charge in [0.15, 0.2) is 5.11 Å². The van der Waals surface area contributed by atoms with Crippen molar-refractivity contribution in [3.05, 3.63) is 88.3 Å². The van der Waals surface area contributed by atoms with Crippen molar-refractivity contribution in [3.63, 3.8) is 0 Å². The predicted molar refractivity (Wildman–Crippen MR) is 135 cm³/mol. The number of nitrogens with one attached hydrogen (secondary N) is 1. The predicted octanol–water partition coefficient (Wildman–Crippen LogP) is 4.22. The minimum Gasteiger partial charge on any atom is -0.496 e. The van der Waals surface area contributed by atoms with E-state index in [2.05, 4.69) is 5.32 Å². The summed E-state index contributed by atoms with van der Waals surface area (Å²) in [5.74, 6) is 0.489. The van der Waals surface area contributed by atoms with Crippen LogP contribution in [0.1, 0.15) is 16.9 Å². The average Bonchev–Trinajstić information content (AvgIpc) is 3.31. The molecule has 4 rings (SSSR count). The zero-order valence-electron chi connectivity index (χ0n) is 17.9. The van der Waals surface area contributed by atoms with E-state index < -0.39 is 22.6 Å². The number of rotatable bonds is 7. The topological polar surface area (TPSA) is 88.9 Å². The van der Waals surface area contributed by atoms with Crippen LogP contribution >= 0.6 is 23.8 Å². The number of carbonyl (C=O) groups is 2. The van der Waals surface area contributed by atoms with Crippen LogP contribution in [0.4, 0.5) is 5.69 Å². The molecule has 0 bridgehead atoms. The molecule has 3 aromatic rings. The Bertz CT molecular complexity index is 1300. The van der Waals surface area contributed by atoms with E-state index in [1.165, 1.54) is 24.3 Å². The minimum absolute atomic E-state index is 0.0155. The van der Waals surface area contributed by atoms with E-state index >= 15 is 0 Å². The third kappa shape index (κ3) is 5.27. The van der Waals surface area contributed by atoms with Gasteiger partial charge in [-0.15, -0.1) is 0 Å². The highest BCUT2D eigenvalue weighted by Crippen LogP contribution is 2.26. The van der Waals surface area contributed by atoms with Gasteiger partial charge >= 0.3 is 0 Å². The minimum atomic E-state index is -1.26. The molecule has 1 unspecified atom stereocenters. The van der Waals surface area contributed by atoms with E-state index in [1.807, 2.05) is 0 Å². The SMILES string of the molecule is COc1ccc(/C=C2\C(=O)NC(=S)N(c3ccc(Cl)cc3)C2=O)cc1CS(=O)Cc1ccco1. The molecule has 34 heavy (non-hydrogen) atoms. The Morgan fingerprint density at radius 1 is 1.15 bits per heavy atom. The van der Waals surface area contributed by atoms with Crippen molar-refractivity contribution >= 4 is 63.3 Å². The number of nitrogens with zero attached hydrogens (tertiary/aromatic N) is 1. The highest BCUT2D eigenvalue weighted by molar-refractivity contribution is 7.83. The highest BCUT2D eigenvalue weighted by Gasteiger charge is 2.34. The average molecular weight is 515 g/mol.